The average molecular weight is 460 g/mol. The lowest BCUT2D eigenvalue weighted by atomic mass is 10.1. The van der Waals surface area contributed by atoms with Crippen molar-refractivity contribution in [3.63, 3.8) is 0 Å². The second-order valence-electron chi connectivity index (χ2n) is 6.21. The molecule has 4 N–H and O–H groups in total. The number of hydrogen-bond donors (Lipinski definition) is 3. The standard InChI is InChI=1S/C17H28N6O.HI/c1-13-11-20-7-3-14(13)4-8-21-17(19-2)22-15-5-9-23(10-6-15)12-16(18)24;/h3,7,11,15H,4-6,8-10,12H2,1-2H3,(H2,18,24)(H2,19,21,22);1H. The first kappa shape index (κ1) is 21.6. The van der Waals surface area contributed by atoms with Crippen LogP contribution in [0.5, 0.6) is 0 Å². The number of primary amides is 1. The summed E-state index contributed by atoms with van der Waals surface area (Å²) in [6, 6.07) is 2.43. The number of carbonyl (C=O) groups excluding carboxylic acids is 1. The van der Waals surface area contributed by atoms with Crippen LogP contribution in [-0.2, 0) is 11.2 Å². The third-order valence-electron chi connectivity index (χ3n) is 4.35. The van der Waals surface area contributed by atoms with Crippen molar-refractivity contribution >= 4 is 35.8 Å². The molecule has 1 aliphatic rings. The molecule has 140 valence electrons. The van der Waals surface area contributed by atoms with Gasteiger partial charge in [0.2, 0.25) is 5.91 Å². The van der Waals surface area contributed by atoms with Crippen molar-refractivity contribution in [3.8, 4) is 0 Å². The zero-order valence-electron chi connectivity index (χ0n) is 15.0. The largest absolute Gasteiger partial charge is 0.369 e. The topological polar surface area (TPSA) is 95.6 Å². The van der Waals surface area contributed by atoms with Crippen molar-refractivity contribution in [2.45, 2.75) is 32.2 Å². The van der Waals surface area contributed by atoms with Crippen LogP contribution >= 0.6 is 24.0 Å². The van der Waals surface area contributed by atoms with Crippen LogP contribution < -0.4 is 16.4 Å². The second-order valence-corrected chi connectivity index (χ2v) is 6.21. The zero-order chi connectivity index (χ0) is 17.4. The van der Waals surface area contributed by atoms with Crippen LogP contribution in [-0.4, -0.2) is 61.0 Å². The van der Waals surface area contributed by atoms with Gasteiger partial charge in [0.1, 0.15) is 0 Å². The van der Waals surface area contributed by atoms with Gasteiger partial charge in [0, 0.05) is 45.1 Å². The number of hydrogen-bond acceptors (Lipinski definition) is 4. The molecule has 7 nitrogen and oxygen atoms in total. The molecule has 0 spiro atoms. The van der Waals surface area contributed by atoms with Gasteiger partial charge >= 0.3 is 0 Å². The molecule has 1 aromatic rings. The maximum Gasteiger partial charge on any atom is 0.231 e. The van der Waals surface area contributed by atoms with Gasteiger partial charge in [-0.05, 0) is 43.4 Å². The number of piperidine rings is 1. The van der Waals surface area contributed by atoms with E-state index < -0.39 is 0 Å². The van der Waals surface area contributed by atoms with E-state index in [2.05, 4.69) is 38.5 Å². The highest BCUT2D eigenvalue weighted by Crippen LogP contribution is 2.09. The number of likely N-dealkylation sites (tertiary alicyclic amines) is 1. The fraction of sp³-hybridized carbons (Fsp3) is 0.588. The van der Waals surface area contributed by atoms with E-state index in [1.165, 1.54) is 11.1 Å². The maximum atomic E-state index is 11.0. The molecule has 25 heavy (non-hydrogen) atoms. The van der Waals surface area contributed by atoms with Gasteiger partial charge in [-0.2, -0.15) is 0 Å². The number of aryl methyl sites for hydroxylation is 1. The molecule has 0 bridgehead atoms. The van der Waals surface area contributed by atoms with Gasteiger partial charge in [-0.1, -0.05) is 0 Å². The van der Waals surface area contributed by atoms with Crippen molar-refractivity contribution in [2.75, 3.05) is 33.2 Å². The highest BCUT2D eigenvalue weighted by molar-refractivity contribution is 14.0. The molecule has 0 aromatic carbocycles. The summed E-state index contributed by atoms with van der Waals surface area (Å²) < 4.78 is 0. The van der Waals surface area contributed by atoms with E-state index in [4.69, 9.17) is 5.73 Å². The number of amides is 1. The molecule has 0 radical (unpaired) electrons. The molecule has 1 fully saturated rings. The van der Waals surface area contributed by atoms with Gasteiger partial charge in [0.05, 0.1) is 6.54 Å². The number of carbonyl (C=O) groups is 1. The SMILES string of the molecule is CN=C(NCCc1ccncc1C)NC1CCN(CC(N)=O)CC1.I. The Hall–Kier alpha value is -1.42. The van der Waals surface area contributed by atoms with Crippen LogP contribution in [0.2, 0.25) is 0 Å². The first-order valence-corrected chi connectivity index (χ1v) is 8.46. The minimum atomic E-state index is -0.259. The number of nitrogens with zero attached hydrogens (tertiary/aromatic N) is 3. The first-order chi connectivity index (χ1) is 11.6. The Balaban J connectivity index is 0.00000312. The lowest BCUT2D eigenvalue weighted by Crippen LogP contribution is -2.50. The van der Waals surface area contributed by atoms with E-state index >= 15 is 0 Å². The van der Waals surface area contributed by atoms with Crippen molar-refractivity contribution in [3.05, 3.63) is 29.6 Å². The molecule has 1 amide bonds. The highest BCUT2D eigenvalue weighted by Gasteiger charge is 2.20. The number of nitrogens with one attached hydrogen (secondary N) is 2. The van der Waals surface area contributed by atoms with Crippen LogP contribution in [0.1, 0.15) is 24.0 Å². The molecule has 1 saturated heterocycles. The van der Waals surface area contributed by atoms with E-state index in [1.807, 2.05) is 12.4 Å². The summed E-state index contributed by atoms with van der Waals surface area (Å²) in [5.41, 5.74) is 7.76. The normalized spacial score (nSPS) is 16.2. The molecular weight excluding hydrogens is 431 g/mol. The van der Waals surface area contributed by atoms with E-state index in [0.717, 1.165) is 44.9 Å². The summed E-state index contributed by atoms with van der Waals surface area (Å²) in [5, 5.41) is 6.83. The smallest absolute Gasteiger partial charge is 0.231 e. The van der Waals surface area contributed by atoms with Crippen LogP contribution in [0.3, 0.4) is 0 Å². The first-order valence-electron chi connectivity index (χ1n) is 8.46. The van der Waals surface area contributed by atoms with Gasteiger partial charge < -0.3 is 16.4 Å². The lowest BCUT2D eigenvalue weighted by molar-refractivity contribution is -0.119. The fourth-order valence-corrected chi connectivity index (χ4v) is 2.94. The molecule has 1 aromatic heterocycles. The average Bonchev–Trinajstić information content (AvgIpc) is 2.57. The molecule has 2 heterocycles. The number of rotatable bonds is 6. The predicted octanol–water partition coefficient (Wildman–Crippen LogP) is 0.665. The van der Waals surface area contributed by atoms with Crippen molar-refractivity contribution in [1.82, 2.24) is 20.5 Å². The van der Waals surface area contributed by atoms with E-state index in [-0.39, 0.29) is 29.9 Å². The predicted molar refractivity (Wildman–Crippen MR) is 111 cm³/mol. The number of aliphatic imine (C=N–C) groups is 1. The number of aromatic nitrogens is 1. The van der Waals surface area contributed by atoms with Gasteiger partial charge in [-0.3, -0.25) is 19.7 Å². The summed E-state index contributed by atoms with van der Waals surface area (Å²) in [6.07, 6.45) is 6.62. The monoisotopic (exact) mass is 460 g/mol. The minimum Gasteiger partial charge on any atom is -0.369 e. The molecule has 0 aliphatic carbocycles. The number of halogens is 1. The Morgan fingerprint density at radius 2 is 2.16 bits per heavy atom. The molecule has 0 atom stereocenters. The third kappa shape index (κ3) is 7.55. The lowest BCUT2D eigenvalue weighted by Gasteiger charge is -2.32. The van der Waals surface area contributed by atoms with Gasteiger partial charge in [-0.15, -0.1) is 24.0 Å². The van der Waals surface area contributed by atoms with Crippen molar-refractivity contribution in [2.24, 2.45) is 10.7 Å². The maximum absolute atomic E-state index is 11.0. The number of pyridine rings is 1. The summed E-state index contributed by atoms with van der Waals surface area (Å²) >= 11 is 0. The fourth-order valence-electron chi connectivity index (χ4n) is 2.94. The molecule has 8 heteroatoms. The molecule has 1 aliphatic heterocycles. The van der Waals surface area contributed by atoms with E-state index in [1.54, 1.807) is 7.05 Å². The molecular formula is C17H29IN6O. The van der Waals surface area contributed by atoms with Crippen molar-refractivity contribution < 1.29 is 4.79 Å². The van der Waals surface area contributed by atoms with Crippen LogP contribution in [0.15, 0.2) is 23.5 Å². The van der Waals surface area contributed by atoms with E-state index in [0.29, 0.717) is 12.6 Å². The Kier molecular flexibility index (Phi) is 9.73. The van der Waals surface area contributed by atoms with E-state index in [9.17, 15) is 4.79 Å². The summed E-state index contributed by atoms with van der Waals surface area (Å²) in [7, 11) is 1.79. The van der Waals surface area contributed by atoms with Crippen LogP contribution in [0.4, 0.5) is 0 Å². The number of guanidine groups is 1. The molecule has 0 unspecified atom stereocenters. The van der Waals surface area contributed by atoms with Crippen LogP contribution in [0, 0.1) is 6.92 Å². The summed E-state index contributed by atoms with van der Waals surface area (Å²) in [6.45, 7) is 5.02. The minimum absolute atomic E-state index is 0. The molecule has 2 rings (SSSR count). The Morgan fingerprint density at radius 3 is 2.76 bits per heavy atom. The van der Waals surface area contributed by atoms with Crippen LogP contribution in [0.25, 0.3) is 0 Å². The quantitative estimate of drug-likeness (QED) is 0.330. The van der Waals surface area contributed by atoms with Gasteiger partial charge in [0.15, 0.2) is 5.96 Å². The summed E-state index contributed by atoms with van der Waals surface area (Å²) in [4.78, 5) is 21.5. The van der Waals surface area contributed by atoms with Gasteiger partial charge in [0.25, 0.3) is 0 Å². The second kappa shape index (κ2) is 11.2. The Labute approximate surface area is 166 Å². The Bertz CT molecular complexity index is 572. The highest BCUT2D eigenvalue weighted by atomic mass is 127. The van der Waals surface area contributed by atoms with Crippen molar-refractivity contribution in [1.29, 1.82) is 0 Å². The molecule has 0 saturated carbocycles. The summed E-state index contributed by atoms with van der Waals surface area (Å²) in [5.74, 6) is 0.570. The number of nitrogens with two attached hydrogens (primary N) is 1. The zero-order valence-corrected chi connectivity index (χ0v) is 17.3. The van der Waals surface area contributed by atoms with Gasteiger partial charge in [-0.25, -0.2) is 0 Å². The third-order valence-corrected chi connectivity index (χ3v) is 4.35. The Morgan fingerprint density at radius 1 is 1.44 bits per heavy atom.